The van der Waals surface area contributed by atoms with Crippen LogP contribution in [0.2, 0.25) is 0 Å². The van der Waals surface area contributed by atoms with E-state index in [0.717, 1.165) is 31.5 Å². The van der Waals surface area contributed by atoms with Crippen LogP contribution in [0.15, 0.2) is 48.5 Å². The van der Waals surface area contributed by atoms with E-state index in [9.17, 15) is 40.7 Å². The number of fused-ring (bicyclic) bond motifs is 1. The first-order valence-corrected chi connectivity index (χ1v) is 14.4. The number of alkyl halides is 6. The van der Waals surface area contributed by atoms with Crippen LogP contribution in [0, 0.1) is 5.92 Å². The Morgan fingerprint density at radius 2 is 1.55 bits per heavy atom. The van der Waals surface area contributed by atoms with Gasteiger partial charge in [-0.15, -0.1) is 0 Å². The summed E-state index contributed by atoms with van der Waals surface area (Å²) in [5, 5.41) is 3.27. The van der Waals surface area contributed by atoms with Crippen molar-refractivity contribution >= 4 is 17.9 Å². The van der Waals surface area contributed by atoms with E-state index in [-0.39, 0.29) is 49.9 Å². The van der Waals surface area contributed by atoms with Gasteiger partial charge in [-0.2, -0.15) is 26.3 Å². The molecule has 2 atom stereocenters. The van der Waals surface area contributed by atoms with Gasteiger partial charge in [-0.05, 0) is 67.6 Å². The number of piperidine rings is 1. The lowest BCUT2D eigenvalue weighted by molar-refractivity contribution is -0.169. The third kappa shape index (κ3) is 7.11. The van der Waals surface area contributed by atoms with E-state index >= 15 is 0 Å². The van der Waals surface area contributed by atoms with Gasteiger partial charge in [0.05, 0.1) is 17.7 Å². The molecule has 3 aliphatic rings. The molecule has 238 valence electrons. The van der Waals surface area contributed by atoms with E-state index in [4.69, 9.17) is 4.74 Å². The Bertz CT molecular complexity index is 1330. The van der Waals surface area contributed by atoms with Crippen molar-refractivity contribution in [2.75, 3.05) is 26.2 Å². The van der Waals surface area contributed by atoms with Crippen LogP contribution in [0.25, 0.3) is 0 Å². The molecule has 3 amide bonds. The molecular formula is C30H32F6N4O4. The quantitative estimate of drug-likeness (QED) is 0.456. The number of benzene rings is 2. The Labute approximate surface area is 249 Å². The molecule has 2 aromatic carbocycles. The molecule has 44 heavy (non-hydrogen) atoms. The first-order valence-electron chi connectivity index (χ1n) is 14.4. The molecule has 0 aromatic heterocycles. The molecular weight excluding hydrogens is 594 g/mol. The van der Waals surface area contributed by atoms with Crippen LogP contribution in [0.3, 0.4) is 0 Å². The van der Waals surface area contributed by atoms with Crippen LogP contribution in [0.1, 0.15) is 47.9 Å². The number of nitrogens with zero attached hydrogens (tertiary/aromatic N) is 3. The maximum Gasteiger partial charge on any atom is 0.416 e. The van der Waals surface area contributed by atoms with Gasteiger partial charge in [0.1, 0.15) is 18.8 Å². The number of hydrogen-bond acceptors (Lipinski definition) is 5. The topological polar surface area (TPSA) is 82.2 Å². The largest absolute Gasteiger partial charge is 0.444 e. The summed E-state index contributed by atoms with van der Waals surface area (Å²) >= 11 is 0. The Kier molecular flexibility index (Phi) is 9.10. The molecule has 3 aliphatic heterocycles. The maximum absolute atomic E-state index is 13.8. The zero-order valence-electron chi connectivity index (χ0n) is 23.7. The smallest absolute Gasteiger partial charge is 0.416 e. The van der Waals surface area contributed by atoms with Crippen molar-refractivity contribution in [3.8, 4) is 0 Å². The summed E-state index contributed by atoms with van der Waals surface area (Å²) in [4.78, 5) is 44.7. The summed E-state index contributed by atoms with van der Waals surface area (Å²) in [7, 11) is 0. The van der Waals surface area contributed by atoms with Gasteiger partial charge in [0, 0.05) is 19.5 Å². The highest BCUT2D eigenvalue weighted by Gasteiger charge is 2.49. The van der Waals surface area contributed by atoms with E-state index in [1.807, 2.05) is 30.3 Å². The lowest BCUT2D eigenvalue weighted by Gasteiger charge is -2.52. The number of hydrogen-bond donors (Lipinski definition) is 1. The molecule has 2 unspecified atom stereocenters. The Hall–Kier alpha value is -3.81. The zero-order valence-corrected chi connectivity index (χ0v) is 23.7. The summed E-state index contributed by atoms with van der Waals surface area (Å²) in [6.45, 7) is 0.825. The van der Waals surface area contributed by atoms with Gasteiger partial charge >= 0.3 is 18.4 Å². The monoisotopic (exact) mass is 626 g/mol. The number of carbonyl (C=O) groups excluding carboxylic acids is 3. The second kappa shape index (κ2) is 12.7. The normalized spacial score (nSPS) is 21.8. The average Bonchev–Trinajstić information content (AvgIpc) is 2.98. The Balaban J connectivity index is 1.39. The average molecular weight is 627 g/mol. The first-order chi connectivity index (χ1) is 20.8. The minimum atomic E-state index is -5.05. The fraction of sp³-hybridized carbons (Fsp3) is 0.500. The minimum Gasteiger partial charge on any atom is -0.444 e. The second-order valence-corrected chi connectivity index (χ2v) is 11.3. The number of halogens is 6. The van der Waals surface area contributed by atoms with Crippen molar-refractivity contribution in [2.45, 2.75) is 63.4 Å². The summed E-state index contributed by atoms with van der Waals surface area (Å²) in [5.41, 5.74) is -2.68. The van der Waals surface area contributed by atoms with Crippen molar-refractivity contribution in [2.24, 2.45) is 5.92 Å². The molecule has 14 heteroatoms. The van der Waals surface area contributed by atoms with Crippen molar-refractivity contribution in [1.29, 1.82) is 0 Å². The van der Waals surface area contributed by atoms with Crippen LogP contribution in [0.5, 0.6) is 0 Å². The van der Waals surface area contributed by atoms with E-state index in [1.54, 1.807) is 4.90 Å². The summed E-state index contributed by atoms with van der Waals surface area (Å²) in [5.74, 6) is -0.379. The third-order valence-corrected chi connectivity index (χ3v) is 8.33. The van der Waals surface area contributed by atoms with Crippen LogP contribution < -0.4 is 5.32 Å². The van der Waals surface area contributed by atoms with E-state index in [1.165, 1.54) is 9.80 Å². The van der Waals surface area contributed by atoms with Gasteiger partial charge in [0.25, 0.3) is 0 Å². The number of amides is 3. The molecule has 0 bridgehead atoms. The highest BCUT2D eigenvalue weighted by Crippen LogP contribution is 2.37. The molecule has 8 nitrogen and oxygen atoms in total. The van der Waals surface area contributed by atoms with Gasteiger partial charge < -0.3 is 19.9 Å². The lowest BCUT2D eigenvalue weighted by atomic mass is 9.88. The van der Waals surface area contributed by atoms with E-state index < -0.39 is 54.0 Å². The molecule has 0 radical (unpaired) electrons. The summed E-state index contributed by atoms with van der Waals surface area (Å²) in [6, 6.07) is 9.37. The van der Waals surface area contributed by atoms with Crippen molar-refractivity contribution < 1.29 is 45.5 Å². The molecule has 3 saturated heterocycles. The predicted octanol–water partition coefficient (Wildman–Crippen LogP) is 5.02. The van der Waals surface area contributed by atoms with Crippen molar-refractivity contribution in [1.82, 2.24) is 20.0 Å². The molecule has 2 aromatic rings. The SMILES string of the molecule is O=C1C(CC2CCNCC2)N2C(=O)CCN(C(=O)OCc3cc(C(F)(F)F)cc(C(F)(F)F)c3)C2CN1Cc1ccccc1. The van der Waals surface area contributed by atoms with Gasteiger partial charge in [0.15, 0.2) is 0 Å². The molecule has 0 saturated carbocycles. The second-order valence-electron chi connectivity index (χ2n) is 11.3. The predicted molar refractivity (Wildman–Crippen MR) is 144 cm³/mol. The molecule has 3 heterocycles. The molecule has 1 N–H and O–H groups in total. The summed E-state index contributed by atoms with van der Waals surface area (Å²) in [6.07, 6.45) is -10.1. The van der Waals surface area contributed by atoms with Gasteiger partial charge in [-0.3, -0.25) is 14.5 Å². The first kappa shape index (κ1) is 31.6. The van der Waals surface area contributed by atoms with E-state index in [0.29, 0.717) is 18.6 Å². The third-order valence-electron chi connectivity index (χ3n) is 8.33. The number of nitrogens with one attached hydrogen (secondary N) is 1. The van der Waals surface area contributed by atoms with E-state index in [2.05, 4.69) is 5.32 Å². The molecule has 5 rings (SSSR count). The number of piperazine rings is 1. The highest BCUT2D eigenvalue weighted by atomic mass is 19.4. The van der Waals surface area contributed by atoms with Crippen LogP contribution in [-0.4, -0.2) is 71.0 Å². The molecule has 0 aliphatic carbocycles. The van der Waals surface area contributed by atoms with Crippen molar-refractivity contribution in [3.05, 3.63) is 70.8 Å². The number of carbonyl (C=O) groups is 3. The molecule has 3 fully saturated rings. The van der Waals surface area contributed by atoms with Crippen LogP contribution in [0.4, 0.5) is 31.1 Å². The Morgan fingerprint density at radius 1 is 0.909 bits per heavy atom. The fourth-order valence-electron chi connectivity index (χ4n) is 6.13. The minimum absolute atomic E-state index is 0.00231. The van der Waals surface area contributed by atoms with Crippen LogP contribution in [-0.2, 0) is 39.8 Å². The lowest BCUT2D eigenvalue weighted by Crippen LogP contribution is -2.71. The van der Waals surface area contributed by atoms with Crippen molar-refractivity contribution in [3.63, 3.8) is 0 Å². The van der Waals surface area contributed by atoms with Gasteiger partial charge in [-0.25, -0.2) is 4.79 Å². The zero-order chi connectivity index (χ0) is 31.6. The number of ether oxygens (including phenoxy) is 1. The van der Waals surface area contributed by atoms with Gasteiger partial charge in [-0.1, -0.05) is 30.3 Å². The Morgan fingerprint density at radius 3 is 2.16 bits per heavy atom. The fourth-order valence-corrected chi connectivity index (χ4v) is 6.13. The summed E-state index contributed by atoms with van der Waals surface area (Å²) < 4.78 is 85.2. The highest BCUT2D eigenvalue weighted by molar-refractivity contribution is 5.90. The molecule has 0 spiro atoms. The number of rotatable bonds is 6. The maximum atomic E-state index is 13.8. The standard InChI is InChI=1S/C30H32F6N4O4/c31-29(32,33)22-12-21(13-23(15-22)30(34,35)36)18-44-28(43)39-11-8-26(41)40-24(14-19-6-9-37-10-7-19)27(42)38(17-25(39)40)16-20-4-2-1-3-5-20/h1-5,12-13,15,19,24-25,37H,6-11,14,16-18H2. The van der Waals surface area contributed by atoms with Gasteiger partial charge in [0.2, 0.25) is 11.8 Å². The van der Waals surface area contributed by atoms with Crippen LogP contribution >= 0.6 is 0 Å².